The van der Waals surface area contributed by atoms with Crippen LogP contribution in [0.4, 0.5) is 5.69 Å². The van der Waals surface area contributed by atoms with E-state index in [4.69, 9.17) is 11.6 Å². The first-order valence-corrected chi connectivity index (χ1v) is 8.29. The van der Waals surface area contributed by atoms with E-state index in [1.807, 2.05) is 30.3 Å². The summed E-state index contributed by atoms with van der Waals surface area (Å²) < 4.78 is 0. The quantitative estimate of drug-likeness (QED) is 0.691. The van der Waals surface area contributed by atoms with E-state index in [0.717, 1.165) is 28.0 Å². The summed E-state index contributed by atoms with van der Waals surface area (Å²) in [5, 5.41) is 9.77. The van der Waals surface area contributed by atoms with Crippen LogP contribution in [0.15, 0.2) is 71.7 Å². The Kier molecular flexibility index (Phi) is 3.86. The molecule has 0 atom stereocenters. The van der Waals surface area contributed by atoms with Crippen LogP contribution in [0.2, 0.25) is 5.02 Å². The van der Waals surface area contributed by atoms with E-state index in [-0.39, 0.29) is 5.56 Å². The molecule has 0 radical (unpaired) electrons. The van der Waals surface area contributed by atoms with E-state index < -0.39 is 5.97 Å². The smallest absolute Gasteiger partial charge is 0.336 e. The van der Waals surface area contributed by atoms with Crippen LogP contribution in [0.5, 0.6) is 0 Å². The van der Waals surface area contributed by atoms with E-state index in [0.29, 0.717) is 17.1 Å². The first-order chi connectivity index (χ1) is 12.1. The number of benzene rings is 3. The zero-order valence-electron chi connectivity index (χ0n) is 13.2. The highest BCUT2D eigenvalue weighted by atomic mass is 35.5. The van der Waals surface area contributed by atoms with Crippen molar-refractivity contribution in [3.63, 3.8) is 0 Å². The first kappa shape index (κ1) is 15.6. The number of hydrogen-bond acceptors (Lipinski definition) is 2. The molecule has 0 spiro atoms. The number of aliphatic imine (C=N–C) groups is 1. The topological polar surface area (TPSA) is 49.7 Å². The summed E-state index contributed by atoms with van der Waals surface area (Å²) in [7, 11) is 0. The monoisotopic (exact) mass is 347 g/mol. The molecule has 0 aromatic heterocycles. The number of nitrogens with zero attached hydrogens (tertiary/aromatic N) is 1. The lowest BCUT2D eigenvalue weighted by atomic mass is 9.98. The second-order valence-corrected chi connectivity index (χ2v) is 6.37. The van der Waals surface area contributed by atoms with Gasteiger partial charge in [-0.15, -0.1) is 0 Å². The Balaban J connectivity index is 1.67. The second kappa shape index (κ2) is 6.19. The molecule has 0 saturated heterocycles. The van der Waals surface area contributed by atoms with Crippen molar-refractivity contribution in [3.05, 3.63) is 88.4 Å². The molecule has 25 heavy (non-hydrogen) atoms. The molecule has 1 aliphatic heterocycles. The third kappa shape index (κ3) is 2.94. The predicted molar refractivity (Wildman–Crippen MR) is 100 cm³/mol. The van der Waals surface area contributed by atoms with E-state index in [1.54, 1.807) is 6.07 Å². The summed E-state index contributed by atoms with van der Waals surface area (Å²) in [6.07, 6.45) is 0.499. The SMILES string of the molecule is O=C(O)c1cc(Cl)cc2c1CC(c1ccc(-c3ccccc3)cc1)=N2. The van der Waals surface area contributed by atoms with Gasteiger partial charge < -0.3 is 5.11 Å². The number of carboxylic acid groups (broad SMARTS) is 1. The van der Waals surface area contributed by atoms with Crippen LogP contribution in [0.3, 0.4) is 0 Å². The molecule has 0 unspecified atom stereocenters. The van der Waals surface area contributed by atoms with Crippen molar-refractivity contribution < 1.29 is 9.90 Å². The molecule has 0 bridgehead atoms. The van der Waals surface area contributed by atoms with E-state index in [1.165, 1.54) is 6.07 Å². The maximum absolute atomic E-state index is 11.4. The predicted octanol–water partition coefficient (Wildman–Crippen LogP) is 5.38. The van der Waals surface area contributed by atoms with Gasteiger partial charge in [-0.05, 0) is 34.4 Å². The Hall–Kier alpha value is -2.91. The van der Waals surface area contributed by atoms with Crippen LogP contribution in [0.1, 0.15) is 21.5 Å². The van der Waals surface area contributed by atoms with Gasteiger partial charge in [0.05, 0.1) is 17.0 Å². The van der Waals surface area contributed by atoms with Crippen molar-refractivity contribution in [1.29, 1.82) is 0 Å². The van der Waals surface area contributed by atoms with Crippen molar-refractivity contribution in [3.8, 4) is 11.1 Å². The lowest BCUT2D eigenvalue weighted by Gasteiger charge is -2.05. The van der Waals surface area contributed by atoms with Gasteiger partial charge in [0.1, 0.15) is 0 Å². The zero-order valence-corrected chi connectivity index (χ0v) is 14.0. The minimum atomic E-state index is -0.977. The number of carbonyl (C=O) groups is 1. The Morgan fingerprint density at radius 1 is 0.920 bits per heavy atom. The number of halogens is 1. The van der Waals surface area contributed by atoms with Crippen molar-refractivity contribution >= 4 is 29.0 Å². The summed E-state index contributed by atoms with van der Waals surface area (Å²) in [6.45, 7) is 0. The molecule has 0 saturated carbocycles. The highest BCUT2D eigenvalue weighted by Gasteiger charge is 2.23. The third-order valence-corrected chi connectivity index (χ3v) is 4.56. The van der Waals surface area contributed by atoms with E-state index in [2.05, 4.69) is 29.3 Å². The Bertz CT molecular complexity index is 992. The second-order valence-electron chi connectivity index (χ2n) is 5.93. The van der Waals surface area contributed by atoms with Crippen LogP contribution < -0.4 is 0 Å². The minimum Gasteiger partial charge on any atom is -0.478 e. The number of fused-ring (bicyclic) bond motifs is 1. The Labute approximate surface area is 150 Å². The summed E-state index contributed by atoms with van der Waals surface area (Å²) in [5.74, 6) is -0.977. The fourth-order valence-corrected chi connectivity index (χ4v) is 3.32. The first-order valence-electron chi connectivity index (χ1n) is 7.91. The van der Waals surface area contributed by atoms with Crippen LogP contribution in [-0.4, -0.2) is 16.8 Å². The molecule has 0 aliphatic carbocycles. The maximum atomic E-state index is 11.4. The molecule has 3 aromatic rings. The van der Waals surface area contributed by atoms with Gasteiger partial charge in [0, 0.05) is 11.4 Å². The number of hydrogen-bond donors (Lipinski definition) is 1. The van der Waals surface area contributed by atoms with Gasteiger partial charge in [-0.25, -0.2) is 4.79 Å². The molecular weight excluding hydrogens is 334 g/mol. The molecule has 4 heteroatoms. The lowest BCUT2D eigenvalue weighted by molar-refractivity contribution is 0.0696. The number of aromatic carboxylic acids is 1. The molecule has 3 nitrogen and oxygen atoms in total. The largest absolute Gasteiger partial charge is 0.478 e. The third-order valence-electron chi connectivity index (χ3n) is 4.35. The number of carboxylic acids is 1. The van der Waals surface area contributed by atoms with Crippen molar-refractivity contribution in [2.24, 2.45) is 4.99 Å². The van der Waals surface area contributed by atoms with Gasteiger partial charge in [-0.2, -0.15) is 0 Å². The Morgan fingerprint density at radius 2 is 1.56 bits per heavy atom. The fourth-order valence-electron chi connectivity index (χ4n) is 3.10. The Morgan fingerprint density at radius 3 is 2.24 bits per heavy atom. The van der Waals surface area contributed by atoms with Gasteiger partial charge in [0.15, 0.2) is 0 Å². The molecule has 4 rings (SSSR count). The number of rotatable bonds is 3. The molecule has 1 aliphatic rings. The van der Waals surface area contributed by atoms with Gasteiger partial charge in [-0.3, -0.25) is 4.99 Å². The van der Waals surface area contributed by atoms with Gasteiger partial charge >= 0.3 is 5.97 Å². The summed E-state index contributed by atoms with van der Waals surface area (Å²) in [4.78, 5) is 16.0. The molecular formula is C21H14ClNO2. The van der Waals surface area contributed by atoms with Crippen molar-refractivity contribution in [2.45, 2.75) is 6.42 Å². The maximum Gasteiger partial charge on any atom is 0.336 e. The van der Waals surface area contributed by atoms with Crippen LogP contribution >= 0.6 is 11.6 Å². The molecule has 122 valence electrons. The van der Waals surface area contributed by atoms with Crippen molar-refractivity contribution in [1.82, 2.24) is 0 Å². The highest BCUT2D eigenvalue weighted by Crippen LogP contribution is 2.35. The van der Waals surface area contributed by atoms with Crippen LogP contribution in [-0.2, 0) is 6.42 Å². The van der Waals surface area contributed by atoms with Gasteiger partial charge in [-0.1, -0.05) is 66.2 Å². The standard InChI is InChI=1S/C21H14ClNO2/c22-16-10-18(21(24)25)17-12-19(23-20(17)11-16)15-8-6-14(7-9-15)13-4-2-1-3-5-13/h1-11H,12H2,(H,24,25). The average Bonchev–Trinajstić information content (AvgIpc) is 3.05. The summed E-state index contributed by atoms with van der Waals surface area (Å²) in [6, 6.07) is 21.5. The molecule has 0 amide bonds. The van der Waals surface area contributed by atoms with Crippen LogP contribution in [0.25, 0.3) is 11.1 Å². The molecule has 3 aromatic carbocycles. The molecule has 0 fully saturated rings. The summed E-state index contributed by atoms with van der Waals surface area (Å²) in [5.41, 5.74) is 5.73. The zero-order chi connectivity index (χ0) is 17.4. The van der Waals surface area contributed by atoms with E-state index >= 15 is 0 Å². The lowest BCUT2D eigenvalue weighted by Crippen LogP contribution is -2.05. The highest BCUT2D eigenvalue weighted by molar-refractivity contribution is 6.31. The van der Waals surface area contributed by atoms with Gasteiger partial charge in [0.25, 0.3) is 0 Å². The van der Waals surface area contributed by atoms with Crippen LogP contribution in [0, 0.1) is 0 Å². The fraction of sp³-hybridized carbons (Fsp3) is 0.0476. The van der Waals surface area contributed by atoms with E-state index in [9.17, 15) is 9.90 Å². The van der Waals surface area contributed by atoms with Crippen molar-refractivity contribution in [2.75, 3.05) is 0 Å². The van der Waals surface area contributed by atoms with Gasteiger partial charge in [0.2, 0.25) is 0 Å². The minimum absolute atomic E-state index is 0.224. The molecule has 1 N–H and O–H groups in total. The summed E-state index contributed by atoms with van der Waals surface area (Å²) >= 11 is 6.02. The average molecular weight is 348 g/mol. The molecule has 1 heterocycles. The normalized spacial score (nSPS) is 12.6.